The van der Waals surface area contributed by atoms with Gasteiger partial charge in [0.15, 0.2) is 6.10 Å². The molecule has 2 amide bonds. The lowest BCUT2D eigenvalue weighted by atomic mass is 10.1. The number of ether oxygens (including phenoxy) is 1. The molecule has 0 fully saturated rings. The molecular weight excluding hydrogens is 376 g/mol. The maximum atomic E-state index is 12.8. The lowest BCUT2D eigenvalue weighted by Crippen LogP contribution is -2.35. The molecule has 4 rings (SSSR count). The van der Waals surface area contributed by atoms with Gasteiger partial charge in [-0.25, -0.2) is 0 Å². The van der Waals surface area contributed by atoms with E-state index in [9.17, 15) is 9.59 Å². The maximum absolute atomic E-state index is 12.8. The molecule has 0 unspecified atom stereocenters. The molecule has 1 aliphatic heterocycles. The van der Waals surface area contributed by atoms with Crippen LogP contribution in [0.4, 0.5) is 5.69 Å². The highest BCUT2D eigenvalue weighted by Crippen LogP contribution is 2.30. The lowest BCUT2D eigenvalue weighted by Gasteiger charge is -2.18. The minimum atomic E-state index is -0.583. The van der Waals surface area contributed by atoms with E-state index in [1.165, 1.54) is 0 Å². The number of para-hydroxylation sites is 1. The molecule has 152 valence electrons. The van der Waals surface area contributed by atoms with Crippen LogP contribution in [0.25, 0.3) is 0 Å². The molecule has 1 atom stereocenters. The third kappa shape index (κ3) is 4.35. The highest BCUT2D eigenvalue weighted by molar-refractivity contribution is 6.07. The van der Waals surface area contributed by atoms with E-state index in [0.717, 1.165) is 23.2 Å². The van der Waals surface area contributed by atoms with Gasteiger partial charge >= 0.3 is 0 Å². The van der Waals surface area contributed by atoms with Crippen molar-refractivity contribution in [3.8, 4) is 5.75 Å². The van der Waals surface area contributed by atoms with Crippen LogP contribution in [0, 0.1) is 0 Å². The van der Waals surface area contributed by atoms with Gasteiger partial charge in [0.25, 0.3) is 11.8 Å². The fourth-order valence-corrected chi connectivity index (χ4v) is 3.60. The summed E-state index contributed by atoms with van der Waals surface area (Å²) >= 11 is 0. The number of amides is 2. The summed E-state index contributed by atoms with van der Waals surface area (Å²) in [5.41, 5.74) is 3.76. The molecule has 0 bridgehead atoms. The van der Waals surface area contributed by atoms with Crippen LogP contribution in [-0.4, -0.2) is 24.5 Å². The highest BCUT2D eigenvalue weighted by atomic mass is 16.5. The summed E-state index contributed by atoms with van der Waals surface area (Å²) in [5, 5.41) is 2.93. The van der Waals surface area contributed by atoms with Crippen molar-refractivity contribution in [2.24, 2.45) is 0 Å². The van der Waals surface area contributed by atoms with Crippen LogP contribution < -0.4 is 15.0 Å². The van der Waals surface area contributed by atoms with Gasteiger partial charge < -0.3 is 15.0 Å². The van der Waals surface area contributed by atoms with Crippen molar-refractivity contribution in [1.82, 2.24) is 5.32 Å². The summed E-state index contributed by atoms with van der Waals surface area (Å²) < 4.78 is 5.66. The SMILES string of the molecule is C[C@H](Oc1ccccc1)C(=O)NCc1ccc2c(c1)CCN2C(=O)c1ccccc1. The van der Waals surface area contributed by atoms with E-state index in [2.05, 4.69) is 11.4 Å². The summed E-state index contributed by atoms with van der Waals surface area (Å²) in [7, 11) is 0. The summed E-state index contributed by atoms with van der Waals surface area (Å²) in [6.07, 6.45) is 0.226. The molecule has 0 aromatic heterocycles. The largest absolute Gasteiger partial charge is 0.481 e. The number of rotatable bonds is 6. The van der Waals surface area contributed by atoms with Gasteiger partial charge in [-0.05, 0) is 54.8 Å². The van der Waals surface area contributed by atoms with Gasteiger partial charge in [-0.1, -0.05) is 48.5 Å². The van der Waals surface area contributed by atoms with Crippen LogP contribution >= 0.6 is 0 Å². The van der Waals surface area contributed by atoms with Crippen molar-refractivity contribution < 1.29 is 14.3 Å². The summed E-state index contributed by atoms with van der Waals surface area (Å²) in [4.78, 5) is 27.0. The molecule has 30 heavy (non-hydrogen) atoms. The third-order valence-corrected chi connectivity index (χ3v) is 5.20. The smallest absolute Gasteiger partial charge is 0.261 e. The first-order chi connectivity index (χ1) is 14.6. The molecule has 0 spiro atoms. The second-order valence-electron chi connectivity index (χ2n) is 7.33. The van der Waals surface area contributed by atoms with Gasteiger partial charge in [-0.15, -0.1) is 0 Å². The van der Waals surface area contributed by atoms with Crippen molar-refractivity contribution in [2.75, 3.05) is 11.4 Å². The number of fused-ring (bicyclic) bond motifs is 1. The predicted molar refractivity (Wildman–Crippen MR) is 117 cm³/mol. The second kappa shape index (κ2) is 8.82. The fourth-order valence-electron chi connectivity index (χ4n) is 3.60. The Kier molecular flexibility index (Phi) is 5.80. The number of benzene rings is 3. The Morgan fingerprint density at radius 3 is 2.43 bits per heavy atom. The molecule has 0 saturated carbocycles. The van der Waals surface area contributed by atoms with E-state index in [1.54, 1.807) is 6.92 Å². The van der Waals surface area contributed by atoms with Crippen molar-refractivity contribution in [2.45, 2.75) is 26.0 Å². The number of carbonyl (C=O) groups is 2. The zero-order valence-electron chi connectivity index (χ0n) is 16.9. The minimum absolute atomic E-state index is 0.0160. The number of nitrogens with one attached hydrogen (secondary N) is 1. The van der Waals surface area contributed by atoms with Crippen LogP contribution in [0.5, 0.6) is 5.75 Å². The van der Waals surface area contributed by atoms with Crippen LogP contribution in [0.3, 0.4) is 0 Å². The molecule has 1 aliphatic rings. The second-order valence-corrected chi connectivity index (χ2v) is 7.33. The predicted octanol–water partition coefficient (Wildman–Crippen LogP) is 3.97. The fraction of sp³-hybridized carbons (Fsp3) is 0.200. The molecule has 0 radical (unpaired) electrons. The normalized spacial score (nSPS) is 13.4. The van der Waals surface area contributed by atoms with Crippen molar-refractivity contribution in [3.05, 3.63) is 95.6 Å². The number of nitrogens with zero attached hydrogens (tertiary/aromatic N) is 1. The summed E-state index contributed by atoms with van der Waals surface area (Å²) in [6.45, 7) is 2.82. The molecule has 5 heteroatoms. The molecule has 0 aliphatic carbocycles. The zero-order chi connectivity index (χ0) is 20.9. The topological polar surface area (TPSA) is 58.6 Å². The van der Waals surface area contributed by atoms with Crippen LogP contribution in [-0.2, 0) is 17.8 Å². The van der Waals surface area contributed by atoms with Gasteiger partial charge in [0, 0.05) is 24.3 Å². The molecule has 1 N–H and O–H groups in total. The van der Waals surface area contributed by atoms with Crippen molar-refractivity contribution in [3.63, 3.8) is 0 Å². The highest BCUT2D eigenvalue weighted by Gasteiger charge is 2.25. The van der Waals surface area contributed by atoms with E-state index in [0.29, 0.717) is 24.4 Å². The van der Waals surface area contributed by atoms with Crippen LogP contribution in [0.15, 0.2) is 78.9 Å². The summed E-state index contributed by atoms with van der Waals surface area (Å²) in [5.74, 6) is 0.517. The van der Waals surface area contributed by atoms with Crippen LogP contribution in [0.2, 0.25) is 0 Å². The van der Waals surface area contributed by atoms with Crippen molar-refractivity contribution >= 4 is 17.5 Å². The number of carbonyl (C=O) groups excluding carboxylic acids is 2. The zero-order valence-corrected chi connectivity index (χ0v) is 16.9. The van der Waals surface area contributed by atoms with Gasteiger partial charge in [-0.2, -0.15) is 0 Å². The quantitative estimate of drug-likeness (QED) is 0.681. The van der Waals surface area contributed by atoms with Gasteiger partial charge in [0.05, 0.1) is 0 Å². The molecule has 3 aromatic carbocycles. The minimum Gasteiger partial charge on any atom is -0.481 e. The van der Waals surface area contributed by atoms with Gasteiger partial charge in [0.2, 0.25) is 0 Å². The Labute approximate surface area is 176 Å². The molecule has 1 heterocycles. The molecule has 5 nitrogen and oxygen atoms in total. The van der Waals surface area contributed by atoms with Crippen LogP contribution in [0.1, 0.15) is 28.4 Å². The van der Waals surface area contributed by atoms with Gasteiger partial charge in [-0.3, -0.25) is 9.59 Å². The molecule has 3 aromatic rings. The third-order valence-electron chi connectivity index (χ3n) is 5.20. The van der Waals surface area contributed by atoms with Crippen molar-refractivity contribution in [1.29, 1.82) is 0 Å². The Morgan fingerprint density at radius 1 is 1.00 bits per heavy atom. The average molecular weight is 400 g/mol. The first-order valence-corrected chi connectivity index (χ1v) is 10.1. The molecule has 0 saturated heterocycles. The standard InChI is InChI=1S/C25H24N2O3/c1-18(30-22-10-6-3-7-11-22)24(28)26-17-19-12-13-23-21(16-19)14-15-27(23)25(29)20-8-4-2-5-9-20/h2-13,16,18H,14-15,17H2,1H3,(H,26,28)/t18-/m0/s1. The monoisotopic (exact) mass is 400 g/mol. The Morgan fingerprint density at radius 2 is 1.70 bits per heavy atom. The molecular formula is C25H24N2O3. The first kappa shape index (κ1) is 19.7. The number of hydrogen-bond donors (Lipinski definition) is 1. The van der Waals surface area contributed by atoms with E-state index < -0.39 is 6.10 Å². The lowest BCUT2D eigenvalue weighted by molar-refractivity contribution is -0.127. The van der Waals surface area contributed by atoms with E-state index in [1.807, 2.05) is 77.7 Å². The maximum Gasteiger partial charge on any atom is 0.261 e. The average Bonchev–Trinajstić information content (AvgIpc) is 3.21. The Balaban J connectivity index is 1.37. The Bertz CT molecular complexity index is 1030. The number of anilines is 1. The van der Waals surface area contributed by atoms with E-state index >= 15 is 0 Å². The van der Waals surface area contributed by atoms with E-state index in [-0.39, 0.29) is 11.8 Å². The van der Waals surface area contributed by atoms with E-state index in [4.69, 9.17) is 4.74 Å². The van der Waals surface area contributed by atoms with Gasteiger partial charge in [0.1, 0.15) is 5.75 Å². The Hall–Kier alpha value is -3.60. The summed E-state index contributed by atoms with van der Waals surface area (Å²) in [6, 6.07) is 24.6. The number of hydrogen-bond acceptors (Lipinski definition) is 3. The first-order valence-electron chi connectivity index (χ1n) is 10.1.